The molecular weight excluding hydrogens is 465 g/mol. The number of rotatable bonds is 3. The van der Waals surface area contributed by atoms with Crippen LogP contribution in [0.15, 0.2) is 35.3 Å². The summed E-state index contributed by atoms with van der Waals surface area (Å²) in [6.07, 6.45) is -1.35. The average Bonchev–Trinajstić information content (AvgIpc) is 3.21. The van der Waals surface area contributed by atoms with Crippen LogP contribution < -0.4 is 19.8 Å². The molecule has 2 aromatic heterocycles. The highest BCUT2D eigenvalue weighted by atomic mass is 35.5. The monoisotopic (exact) mass is 483 g/mol. The highest BCUT2D eigenvalue weighted by Crippen LogP contribution is 2.38. The Morgan fingerprint density at radius 1 is 1.31 bits per heavy atom. The minimum atomic E-state index is -4.52. The summed E-state index contributed by atoms with van der Waals surface area (Å²) < 4.78 is 49.7. The summed E-state index contributed by atoms with van der Waals surface area (Å²) in [4.78, 5) is 21.0. The molecule has 0 saturated carbocycles. The van der Waals surface area contributed by atoms with Crippen molar-refractivity contribution in [2.24, 2.45) is 0 Å². The fraction of sp³-hybridized carbons (Fsp3) is 0.381. The Morgan fingerprint density at radius 2 is 2.12 bits per heavy atom. The second-order valence-electron chi connectivity index (χ2n) is 7.75. The van der Waals surface area contributed by atoms with Crippen LogP contribution in [0, 0.1) is 0 Å². The third-order valence-corrected chi connectivity index (χ3v) is 7.14. The number of anilines is 1. The molecule has 168 valence electrons. The van der Waals surface area contributed by atoms with Gasteiger partial charge in [0.05, 0.1) is 37.2 Å². The zero-order chi connectivity index (χ0) is 22.6. The molecule has 11 heteroatoms. The summed E-state index contributed by atoms with van der Waals surface area (Å²) in [5, 5.41) is 0. The third kappa shape index (κ3) is 3.36. The average molecular weight is 484 g/mol. The Hall–Kier alpha value is -2.59. The molecule has 1 aromatic carbocycles. The summed E-state index contributed by atoms with van der Waals surface area (Å²) >= 11 is 7.36. The van der Waals surface area contributed by atoms with Crippen LogP contribution in [0.4, 0.5) is 19.1 Å². The van der Waals surface area contributed by atoms with E-state index in [9.17, 15) is 18.0 Å². The summed E-state index contributed by atoms with van der Waals surface area (Å²) in [5.74, 6) is 0.975. The molecule has 0 fully saturated rings. The van der Waals surface area contributed by atoms with E-state index in [0.29, 0.717) is 23.4 Å². The van der Waals surface area contributed by atoms with E-state index >= 15 is 0 Å². The lowest BCUT2D eigenvalue weighted by molar-refractivity contribution is -0.697. The van der Waals surface area contributed by atoms with E-state index in [0.717, 1.165) is 36.5 Å². The van der Waals surface area contributed by atoms with Crippen molar-refractivity contribution in [3.8, 4) is 17.0 Å². The van der Waals surface area contributed by atoms with Crippen molar-refractivity contribution in [1.82, 2.24) is 9.55 Å². The predicted molar refractivity (Wildman–Crippen MR) is 115 cm³/mol. The van der Waals surface area contributed by atoms with E-state index in [2.05, 4.69) is 9.88 Å². The van der Waals surface area contributed by atoms with Gasteiger partial charge in [0.15, 0.2) is 4.47 Å². The van der Waals surface area contributed by atoms with Gasteiger partial charge in [-0.1, -0.05) is 23.7 Å². The van der Waals surface area contributed by atoms with Gasteiger partial charge in [0.1, 0.15) is 11.6 Å². The van der Waals surface area contributed by atoms with Gasteiger partial charge in [-0.2, -0.15) is 22.3 Å². The summed E-state index contributed by atoms with van der Waals surface area (Å²) in [5.41, 5.74) is -0.921. The molecule has 0 radical (unpaired) electrons. The van der Waals surface area contributed by atoms with Gasteiger partial charge < -0.3 is 4.74 Å². The van der Waals surface area contributed by atoms with Gasteiger partial charge in [-0.15, -0.1) is 11.3 Å². The van der Waals surface area contributed by atoms with Gasteiger partial charge in [-0.25, -0.2) is 9.78 Å². The SMILES string of the molecule is COc1c(-c2cccc(C(F)(F)F)c2)c(=O)n2c3[n+]1CCCN3CCC2c1cnc(Cl)s1. The number of thiazole rings is 1. The molecule has 0 N–H and O–H groups in total. The van der Waals surface area contributed by atoms with Gasteiger partial charge >= 0.3 is 17.7 Å². The molecule has 2 aliphatic rings. The Bertz CT molecular complexity index is 1260. The number of ether oxygens (including phenoxy) is 1. The van der Waals surface area contributed by atoms with Crippen LogP contribution in [0.3, 0.4) is 0 Å². The minimum Gasteiger partial charge on any atom is -0.471 e. The number of aromatic nitrogens is 3. The zero-order valence-electron chi connectivity index (χ0n) is 17.0. The lowest BCUT2D eigenvalue weighted by Crippen LogP contribution is -2.57. The maximum absolute atomic E-state index is 13.9. The van der Waals surface area contributed by atoms with E-state index < -0.39 is 17.3 Å². The minimum absolute atomic E-state index is 0.117. The lowest BCUT2D eigenvalue weighted by atomic mass is 10.0. The summed E-state index contributed by atoms with van der Waals surface area (Å²) in [6.45, 7) is 2.13. The first kappa shape index (κ1) is 21.3. The van der Waals surface area contributed by atoms with E-state index in [4.69, 9.17) is 16.3 Å². The van der Waals surface area contributed by atoms with Crippen LogP contribution in [-0.4, -0.2) is 29.8 Å². The van der Waals surface area contributed by atoms with Crippen LogP contribution in [0.2, 0.25) is 4.47 Å². The molecule has 0 aliphatic carbocycles. The molecule has 0 amide bonds. The van der Waals surface area contributed by atoms with Crippen molar-refractivity contribution in [3.05, 3.63) is 55.7 Å². The Morgan fingerprint density at radius 3 is 2.81 bits per heavy atom. The Labute approximate surface area is 190 Å². The highest BCUT2D eigenvalue weighted by Gasteiger charge is 2.43. The second kappa shape index (κ2) is 7.77. The maximum Gasteiger partial charge on any atom is 0.416 e. The van der Waals surface area contributed by atoms with Crippen LogP contribution >= 0.6 is 22.9 Å². The van der Waals surface area contributed by atoms with Gasteiger partial charge in [0, 0.05) is 19.0 Å². The molecule has 0 saturated heterocycles. The molecule has 6 nitrogen and oxygen atoms in total. The zero-order valence-corrected chi connectivity index (χ0v) is 18.6. The first-order valence-electron chi connectivity index (χ1n) is 10.1. The molecule has 2 aliphatic heterocycles. The molecule has 1 atom stereocenters. The van der Waals surface area contributed by atoms with Crippen molar-refractivity contribution in [2.45, 2.75) is 31.6 Å². The first-order chi connectivity index (χ1) is 15.3. The molecule has 0 spiro atoms. The molecule has 0 bridgehead atoms. The van der Waals surface area contributed by atoms with Crippen molar-refractivity contribution in [2.75, 3.05) is 25.1 Å². The maximum atomic E-state index is 13.9. The van der Waals surface area contributed by atoms with Crippen LogP contribution in [0.5, 0.6) is 5.88 Å². The fourth-order valence-electron chi connectivity index (χ4n) is 4.60. The Balaban J connectivity index is 1.81. The van der Waals surface area contributed by atoms with Crippen molar-refractivity contribution in [1.29, 1.82) is 0 Å². The quantitative estimate of drug-likeness (QED) is 0.525. The number of hydrogen-bond acceptors (Lipinski definition) is 5. The number of benzene rings is 1. The number of hydrogen-bond donors (Lipinski definition) is 0. The topological polar surface area (TPSA) is 51.2 Å². The van der Waals surface area contributed by atoms with Crippen molar-refractivity contribution in [3.63, 3.8) is 0 Å². The molecular formula is C21H19ClF3N4O2S+. The van der Waals surface area contributed by atoms with Gasteiger partial charge in [0.25, 0.3) is 5.88 Å². The lowest BCUT2D eigenvalue weighted by Gasteiger charge is -2.34. The van der Waals surface area contributed by atoms with Gasteiger partial charge in [0.2, 0.25) is 0 Å². The standard InChI is InChI=1S/C21H19ClF3N4O2S/c1-31-18-16(12-4-2-5-13(10-12)21(23,24)25)17(30)29-14(15-11-26-19(22)32-15)6-9-27-7-3-8-28(18)20(27)29/h2,4-5,10-11,14H,3,6-9H2,1H3/q+1. The van der Waals surface area contributed by atoms with Crippen LogP contribution in [0.25, 0.3) is 11.1 Å². The second-order valence-corrected chi connectivity index (χ2v) is 9.39. The summed E-state index contributed by atoms with van der Waals surface area (Å²) in [7, 11) is 1.44. The number of methoxy groups -OCH3 is 1. The Kier molecular flexibility index (Phi) is 5.16. The smallest absolute Gasteiger partial charge is 0.416 e. The fourth-order valence-corrected chi connectivity index (χ4v) is 5.68. The summed E-state index contributed by atoms with van der Waals surface area (Å²) in [6, 6.07) is 4.51. The first-order valence-corrected chi connectivity index (χ1v) is 11.3. The van der Waals surface area contributed by atoms with E-state index in [1.165, 1.54) is 30.6 Å². The molecule has 5 rings (SSSR count). The van der Waals surface area contributed by atoms with E-state index in [-0.39, 0.29) is 23.0 Å². The number of alkyl halides is 3. The van der Waals surface area contributed by atoms with E-state index in [1.807, 2.05) is 4.57 Å². The number of nitrogens with zero attached hydrogens (tertiary/aromatic N) is 4. The third-order valence-electron chi connectivity index (χ3n) is 5.92. The molecule has 32 heavy (non-hydrogen) atoms. The van der Waals surface area contributed by atoms with Gasteiger partial charge in [-0.3, -0.25) is 4.90 Å². The van der Waals surface area contributed by atoms with Crippen molar-refractivity contribution >= 4 is 28.9 Å². The van der Waals surface area contributed by atoms with Crippen LogP contribution in [0.1, 0.15) is 29.3 Å². The molecule has 1 unspecified atom stereocenters. The van der Waals surface area contributed by atoms with Crippen molar-refractivity contribution < 1.29 is 22.5 Å². The van der Waals surface area contributed by atoms with Crippen LogP contribution in [-0.2, 0) is 12.7 Å². The van der Waals surface area contributed by atoms with E-state index in [1.54, 1.807) is 10.8 Å². The number of halogens is 4. The molecule has 4 heterocycles. The highest BCUT2D eigenvalue weighted by molar-refractivity contribution is 7.15. The van der Waals surface area contributed by atoms with Gasteiger partial charge in [-0.05, 0) is 17.7 Å². The predicted octanol–water partition coefficient (Wildman–Crippen LogP) is 4.14. The normalized spacial score (nSPS) is 17.9. The largest absolute Gasteiger partial charge is 0.471 e. The molecule has 3 aromatic rings.